The molecule has 11 aromatic rings. The Morgan fingerprint density at radius 3 is 1.56 bits per heavy atom. The molecule has 0 fully saturated rings. The number of para-hydroxylation sites is 2. The molecule has 318 valence electrons. The minimum atomic E-state index is 1.04. The largest absolute Gasteiger partial charge is 0.309 e. The van der Waals surface area contributed by atoms with E-state index in [0.717, 1.165) is 22.6 Å². The number of hydrogen-bond donors (Lipinski definition) is 0. The van der Waals surface area contributed by atoms with E-state index in [1.54, 1.807) is 0 Å². The molecule has 0 saturated heterocycles. The van der Waals surface area contributed by atoms with Gasteiger partial charge in [0.1, 0.15) is 0 Å². The molecular formula is C63H51N3. The molecule has 0 atom stereocenters. The summed E-state index contributed by atoms with van der Waals surface area (Å²) in [5.74, 6) is 0. The van der Waals surface area contributed by atoms with E-state index in [0.29, 0.717) is 0 Å². The molecule has 0 saturated carbocycles. The van der Waals surface area contributed by atoms with Gasteiger partial charge < -0.3 is 9.13 Å². The summed E-state index contributed by atoms with van der Waals surface area (Å²) in [6.45, 7) is 12.9. The van der Waals surface area contributed by atoms with E-state index in [1.807, 2.05) is 0 Å². The van der Waals surface area contributed by atoms with E-state index < -0.39 is 0 Å². The molecule has 0 radical (unpaired) electrons. The van der Waals surface area contributed by atoms with Crippen molar-refractivity contribution in [3.63, 3.8) is 0 Å². The first-order valence-corrected chi connectivity index (χ1v) is 23.0. The summed E-state index contributed by atoms with van der Waals surface area (Å²) in [6, 6.07) is 67.0. The number of aryl methyl sites for hydroxylation is 3. The minimum absolute atomic E-state index is 1.04. The van der Waals surface area contributed by atoms with Crippen LogP contribution in [0.3, 0.4) is 0 Å². The molecule has 0 N–H and O–H groups in total. The number of pyridine rings is 1. The first kappa shape index (κ1) is 40.7. The van der Waals surface area contributed by atoms with Crippen LogP contribution in [0.4, 0.5) is 0 Å². The molecular weight excluding hydrogens is 799 g/mol. The maximum absolute atomic E-state index is 5.18. The number of fused-ring (bicyclic) bond motifs is 6. The van der Waals surface area contributed by atoms with Gasteiger partial charge in [0, 0.05) is 55.4 Å². The SMILES string of the molecule is C/C=C\C(=C/C)c1ccc2c(c1)c1cc(-c3ccccc3)ccc1n2-c1ccc(-c2c(C)nc(C)c(-c3ccc(-c4cc(C)cc(-n5c6ccccc6c6ccccc65)c4)cc3)c2C)cc1. The maximum atomic E-state index is 5.18. The normalized spacial score (nSPS) is 12.1. The van der Waals surface area contributed by atoms with Crippen LogP contribution >= 0.6 is 0 Å². The second kappa shape index (κ2) is 16.5. The number of nitrogens with zero attached hydrogens (tertiary/aromatic N) is 3. The van der Waals surface area contributed by atoms with Gasteiger partial charge in [0.05, 0.1) is 22.1 Å². The fourth-order valence-electron chi connectivity index (χ4n) is 10.6. The second-order valence-corrected chi connectivity index (χ2v) is 17.6. The van der Waals surface area contributed by atoms with Crippen LogP contribution in [0, 0.1) is 27.7 Å². The smallest absolute Gasteiger partial charge is 0.0541 e. The summed E-state index contributed by atoms with van der Waals surface area (Å²) >= 11 is 0. The number of aromatic nitrogens is 3. The standard InChI is InChI=1S/C63H51N3/c1-7-16-44(8-2)49-29-33-60-56(38-49)57-39-50(45-17-10-9-11-18-45)30-34-61(57)65(60)52-31-27-48(28-32-52)63-41(4)62(42(5)64-43(63)6)47-25-23-46(24-26-47)51-35-40(3)36-53(37-51)66-58-21-14-12-19-54(58)55-20-13-15-22-59(55)66/h7-39H,1-6H3/b16-7-,44-8+. The predicted molar refractivity (Wildman–Crippen MR) is 282 cm³/mol. The summed E-state index contributed by atoms with van der Waals surface area (Å²) in [5.41, 5.74) is 23.6. The Morgan fingerprint density at radius 1 is 0.409 bits per heavy atom. The number of benzene rings is 8. The van der Waals surface area contributed by atoms with Gasteiger partial charge in [-0.25, -0.2) is 0 Å². The zero-order chi connectivity index (χ0) is 45.1. The van der Waals surface area contributed by atoms with Crippen LogP contribution in [0.1, 0.15) is 41.9 Å². The van der Waals surface area contributed by atoms with Gasteiger partial charge in [-0.15, -0.1) is 0 Å². The van der Waals surface area contributed by atoms with Crippen molar-refractivity contribution in [3.8, 4) is 55.9 Å². The molecule has 3 heterocycles. The summed E-state index contributed by atoms with van der Waals surface area (Å²) in [6.07, 6.45) is 6.49. The fourth-order valence-corrected chi connectivity index (χ4v) is 10.6. The van der Waals surface area contributed by atoms with Crippen LogP contribution in [0.5, 0.6) is 0 Å². The third kappa shape index (κ3) is 6.87. The van der Waals surface area contributed by atoms with E-state index in [4.69, 9.17) is 4.98 Å². The van der Waals surface area contributed by atoms with E-state index in [-0.39, 0.29) is 0 Å². The van der Waals surface area contributed by atoms with E-state index in [1.165, 1.54) is 111 Å². The van der Waals surface area contributed by atoms with Crippen molar-refractivity contribution in [1.82, 2.24) is 14.1 Å². The molecule has 66 heavy (non-hydrogen) atoms. The van der Waals surface area contributed by atoms with Crippen LogP contribution < -0.4 is 0 Å². The van der Waals surface area contributed by atoms with Gasteiger partial charge in [-0.3, -0.25) is 4.98 Å². The zero-order valence-corrected chi connectivity index (χ0v) is 38.4. The van der Waals surface area contributed by atoms with Crippen LogP contribution in [-0.4, -0.2) is 14.1 Å². The molecule has 0 unspecified atom stereocenters. The molecule has 3 heteroatoms. The molecule has 0 aliphatic carbocycles. The molecule has 11 rings (SSSR count). The predicted octanol–water partition coefficient (Wildman–Crippen LogP) is 17.2. The molecule has 0 spiro atoms. The lowest BCUT2D eigenvalue weighted by Gasteiger charge is -2.18. The maximum Gasteiger partial charge on any atom is 0.0541 e. The third-order valence-electron chi connectivity index (χ3n) is 13.5. The highest BCUT2D eigenvalue weighted by molar-refractivity contribution is 6.12. The molecule has 0 aliphatic rings. The van der Waals surface area contributed by atoms with E-state index in [2.05, 4.69) is 251 Å². The lowest BCUT2D eigenvalue weighted by Crippen LogP contribution is -2.00. The Bertz CT molecular complexity index is 3670. The van der Waals surface area contributed by atoms with E-state index in [9.17, 15) is 0 Å². The van der Waals surface area contributed by atoms with Gasteiger partial charge in [-0.1, -0.05) is 140 Å². The Morgan fingerprint density at radius 2 is 0.924 bits per heavy atom. The molecule has 0 aliphatic heterocycles. The van der Waals surface area contributed by atoms with Crippen LogP contribution in [0.15, 0.2) is 200 Å². The zero-order valence-electron chi connectivity index (χ0n) is 38.4. The van der Waals surface area contributed by atoms with Gasteiger partial charge in [0.25, 0.3) is 0 Å². The monoisotopic (exact) mass is 849 g/mol. The van der Waals surface area contributed by atoms with Crippen molar-refractivity contribution in [2.75, 3.05) is 0 Å². The minimum Gasteiger partial charge on any atom is -0.309 e. The molecule has 3 aromatic heterocycles. The Hall–Kier alpha value is -8.01. The van der Waals surface area contributed by atoms with E-state index >= 15 is 0 Å². The fraction of sp³-hybridized carbons (Fsp3) is 0.0952. The Balaban J connectivity index is 0.957. The summed E-state index contributed by atoms with van der Waals surface area (Å²) in [5, 5.41) is 5.02. The average Bonchev–Trinajstić information content (AvgIpc) is 3.86. The summed E-state index contributed by atoms with van der Waals surface area (Å²) < 4.78 is 4.82. The van der Waals surface area contributed by atoms with Gasteiger partial charge in [-0.2, -0.15) is 0 Å². The highest BCUT2D eigenvalue weighted by Gasteiger charge is 2.19. The molecule has 3 nitrogen and oxygen atoms in total. The number of allylic oxidation sites excluding steroid dienone is 4. The first-order valence-electron chi connectivity index (χ1n) is 23.0. The average molecular weight is 850 g/mol. The van der Waals surface area contributed by atoms with Gasteiger partial charge in [0.2, 0.25) is 0 Å². The summed E-state index contributed by atoms with van der Waals surface area (Å²) in [4.78, 5) is 5.18. The van der Waals surface area contributed by atoms with Crippen LogP contribution in [0.25, 0.3) is 105 Å². The van der Waals surface area contributed by atoms with Crippen molar-refractivity contribution in [2.24, 2.45) is 0 Å². The lowest BCUT2D eigenvalue weighted by molar-refractivity contribution is 1.11. The number of hydrogen-bond acceptors (Lipinski definition) is 1. The molecule has 0 amide bonds. The quantitative estimate of drug-likeness (QED) is 0.140. The van der Waals surface area contributed by atoms with Crippen molar-refractivity contribution >= 4 is 49.2 Å². The summed E-state index contributed by atoms with van der Waals surface area (Å²) in [7, 11) is 0. The van der Waals surface area contributed by atoms with Crippen LogP contribution in [0.2, 0.25) is 0 Å². The number of rotatable bonds is 8. The van der Waals surface area contributed by atoms with Gasteiger partial charge in [-0.05, 0) is 158 Å². The van der Waals surface area contributed by atoms with Crippen molar-refractivity contribution < 1.29 is 0 Å². The topological polar surface area (TPSA) is 22.8 Å². The second-order valence-electron chi connectivity index (χ2n) is 17.6. The highest BCUT2D eigenvalue weighted by atomic mass is 15.0. The lowest BCUT2D eigenvalue weighted by atomic mass is 9.90. The highest BCUT2D eigenvalue weighted by Crippen LogP contribution is 2.40. The Labute approximate surface area is 387 Å². The van der Waals surface area contributed by atoms with Gasteiger partial charge in [0.15, 0.2) is 0 Å². The van der Waals surface area contributed by atoms with Crippen molar-refractivity contribution in [2.45, 2.75) is 41.5 Å². The van der Waals surface area contributed by atoms with Crippen LogP contribution in [-0.2, 0) is 0 Å². The van der Waals surface area contributed by atoms with Crippen molar-refractivity contribution in [1.29, 1.82) is 0 Å². The first-order chi connectivity index (χ1) is 32.3. The Kier molecular flexibility index (Phi) is 10.2. The van der Waals surface area contributed by atoms with Crippen molar-refractivity contribution in [3.05, 3.63) is 228 Å². The third-order valence-corrected chi connectivity index (χ3v) is 13.5. The van der Waals surface area contributed by atoms with Gasteiger partial charge >= 0.3 is 0 Å². The molecule has 0 bridgehead atoms. The molecule has 8 aromatic carbocycles.